The van der Waals surface area contributed by atoms with Crippen molar-refractivity contribution in [3.8, 4) is 34.0 Å². The summed E-state index contributed by atoms with van der Waals surface area (Å²) in [6, 6.07) is 10.7. The Kier molecular flexibility index (Phi) is 12.3. The minimum absolute atomic E-state index is 0.164. The van der Waals surface area contributed by atoms with Crippen LogP contribution in [0.5, 0.6) is 11.8 Å². The van der Waals surface area contributed by atoms with Crippen LogP contribution in [0.1, 0.15) is 98.1 Å². The average molecular weight is 1030 g/mol. The monoisotopic (exact) mass is 1030 g/mol. The highest BCUT2D eigenvalue weighted by Gasteiger charge is 2.49. The van der Waals surface area contributed by atoms with Crippen molar-refractivity contribution in [1.29, 1.82) is 0 Å². The van der Waals surface area contributed by atoms with E-state index in [4.69, 9.17) is 9.47 Å². The van der Waals surface area contributed by atoms with E-state index in [9.17, 15) is 26.4 Å². The minimum atomic E-state index is -4.46. The smallest absolute Gasteiger partial charge is 0.333 e. The Morgan fingerprint density at radius 2 is 1.34 bits per heavy atom. The van der Waals surface area contributed by atoms with Crippen LogP contribution in [0.4, 0.5) is 25.4 Å². The Bertz CT molecular complexity index is 3430. The zero-order chi connectivity index (χ0) is 51.0. The molecule has 11 rings (SSSR count). The van der Waals surface area contributed by atoms with Gasteiger partial charge >= 0.3 is 12.1 Å². The molecule has 3 fully saturated rings. The van der Waals surface area contributed by atoms with Crippen LogP contribution in [-0.2, 0) is 44.8 Å². The van der Waals surface area contributed by atoms with Crippen molar-refractivity contribution in [2.45, 2.75) is 105 Å². The van der Waals surface area contributed by atoms with Crippen LogP contribution in [0.3, 0.4) is 0 Å². The number of hydrogen-bond donors (Lipinski definition) is 4. The summed E-state index contributed by atoms with van der Waals surface area (Å²) in [5.41, 5.74) is 6.92. The molecule has 5 aliphatic rings. The second kappa shape index (κ2) is 18.5. The fourth-order valence-corrected chi connectivity index (χ4v) is 12.8. The number of benzene rings is 2. The van der Waals surface area contributed by atoms with Crippen LogP contribution in [0.15, 0.2) is 83.4 Å². The number of urea groups is 2. The number of anilines is 2. The van der Waals surface area contributed by atoms with Crippen LogP contribution in [-0.4, -0.2) is 97.2 Å². The first-order chi connectivity index (χ1) is 35.0. The van der Waals surface area contributed by atoms with Crippen molar-refractivity contribution in [3.63, 3.8) is 0 Å². The molecular weight excluding hydrogens is 978 g/mol. The Labute approximate surface area is 422 Å². The van der Waals surface area contributed by atoms with Gasteiger partial charge in [-0.25, -0.2) is 33.4 Å². The number of amides is 4. The predicted octanol–water partition coefficient (Wildman–Crippen LogP) is 7.48. The summed E-state index contributed by atoms with van der Waals surface area (Å²) in [4.78, 5) is 38.2. The topological polar surface area (TPSA) is 234 Å². The molecule has 382 valence electrons. The number of fused-ring (bicyclic) bond motifs is 2. The first-order valence-electron chi connectivity index (χ1n) is 24.6. The maximum atomic E-state index is 16.7. The quantitative estimate of drug-likeness (QED) is 0.0737. The molecule has 0 bridgehead atoms. The largest absolute Gasteiger partial charge is 0.481 e. The number of carbonyl (C=O) groups excluding carboxylic acids is 2. The molecule has 4 N–H and O–H groups in total. The Balaban J connectivity index is 0.815. The lowest BCUT2D eigenvalue weighted by atomic mass is 9.91. The highest BCUT2D eigenvalue weighted by molar-refractivity contribution is 7.90. The van der Waals surface area contributed by atoms with Crippen LogP contribution in [0, 0.1) is 11.7 Å². The minimum Gasteiger partial charge on any atom is -0.481 e. The van der Waals surface area contributed by atoms with E-state index in [0.29, 0.717) is 65.5 Å². The van der Waals surface area contributed by atoms with E-state index in [1.807, 2.05) is 19.9 Å². The fraction of sp³-hybridized carbons (Fsp3) is 0.412. The molecule has 1 saturated heterocycles. The molecule has 1 aliphatic heterocycles. The Morgan fingerprint density at radius 3 is 1.96 bits per heavy atom. The van der Waals surface area contributed by atoms with E-state index in [1.165, 1.54) is 60.6 Å². The number of rotatable bonds is 16. The number of ether oxygens (including phenoxy) is 2. The number of aromatic nitrogens is 6. The molecule has 2 saturated carbocycles. The highest BCUT2D eigenvalue weighted by Crippen LogP contribution is 2.58. The highest BCUT2D eigenvalue weighted by atomic mass is 32.2. The Morgan fingerprint density at radius 1 is 0.740 bits per heavy atom. The molecule has 0 radical (unpaired) electrons. The number of pyridine rings is 2. The van der Waals surface area contributed by atoms with Gasteiger partial charge in [0.1, 0.15) is 5.82 Å². The summed E-state index contributed by atoms with van der Waals surface area (Å²) < 4.78 is 89.7. The van der Waals surface area contributed by atoms with E-state index >= 15 is 4.39 Å². The lowest BCUT2D eigenvalue weighted by Gasteiger charge is -2.38. The zero-order valence-electron chi connectivity index (χ0n) is 40.8. The number of carbonyl (C=O) groups is 2. The molecule has 4 aliphatic carbocycles. The molecule has 22 heteroatoms. The Hall–Kier alpha value is -6.91. The molecule has 0 spiro atoms. The number of methoxy groups -OCH3 is 2. The third kappa shape index (κ3) is 9.39. The van der Waals surface area contributed by atoms with E-state index in [2.05, 4.69) is 51.2 Å². The maximum absolute atomic E-state index is 16.7. The summed E-state index contributed by atoms with van der Waals surface area (Å²) in [5.74, 6) is 0.0774. The van der Waals surface area contributed by atoms with Gasteiger partial charge in [0.25, 0.3) is 20.0 Å². The number of sulfonamides is 2. The van der Waals surface area contributed by atoms with Gasteiger partial charge in [-0.3, -0.25) is 9.36 Å². The van der Waals surface area contributed by atoms with Crippen LogP contribution < -0.4 is 29.6 Å². The van der Waals surface area contributed by atoms with Gasteiger partial charge in [-0.05, 0) is 178 Å². The van der Waals surface area contributed by atoms with Crippen molar-refractivity contribution in [3.05, 3.63) is 107 Å². The van der Waals surface area contributed by atoms with Crippen LogP contribution in [0.25, 0.3) is 22.3 Å². The van der Waals surface area contributed by atoms with Gasteiger partial charge in [-0.2, -0.15) is 27.0 Å². The average Bonchev–Trinajstić information content (AvgIpc) is 3.97. The van der Waals surface area contributed by atoms with Crippen LogP contribution in [0.2, 0.25) is 0 Å². The molecule has 5 heterocycles. The predicted molar refractivity (Wildman–Crippen MR) is 268 cm³/mol. The van der Waals surface area contributed by atoms with E-state index in [1.54, 1.807) is 35.3 Å². The summed E-state index contributed by atoms with van der Waals surface area (Å²) in [5, 5.41) is 13.7. The first kappa shape index (κ1) is 48.4. The van der Waals surface area contributed by atoms with Crippen molar-refractivity contribution < 1.29 is 40.3 Å². The summed E-state index contributed by atoms with van der Waals surface area (Å²) in [6.07, 6.45) is 13.5. The number of nitrogens with one attached hydrogen (secondary N) is 4. The fourth-order valence-electron chi connectivity index (χ4n) is 11.1. The number of nitrogens with zero attached hydrogens (tertiary/aromatic N) is 7. The van der Waals surface area contributed by atoms with Gasteiger partial charge in [0, 0.05) is 54.6 Å². The lowest BCUT2D eigenvalue weighted by molar-refractivity contribution is 0.112. The standard InChI is InChI=1S/C51H56FN11O8S2/c1-51(2,28-61-19-6-20-61)63-22-16-45(58-63)73(68,69)60-50(65)56-48-35-12-11-33(46(35)40(52)26-38(48)31-14-18-54-43(24-31)71-4)39-27-41(39)62-21-15-44(57-62)72(66,67)59-49(64)55-47-34-8-5-7-32(34)36(29-9-10-29)25-37(47)30-13-17-53-42(23-30)70-3/h13-18,21-26,29,33,39,41H,5-12,19-20,27-28H2,1-4H3,(H2,55,59,64)(H2,56,60,65). The van der Waals surface area contributed by atoms with Gasteiger partial charge in [-0.1, -0.05) is 0 Å². The third-order valence-electron chi connectivity index (χ3n) is 14.9. The SMILES string of the molecule is COc1cc(-c2cc(C3CC3)c3c(c2NC(=O)NS(=O)(=O)c2ccn(C4CC4C4CCc5c(NC(=O)NS(=O)(=O)c6ccn(C(C)(C)CN7CCC7)n6)c(-c6ccnc(OC)c6)cc(F)c54)n2)CCC3)ccn1. The first-order valence-corrected chi connectivity index (χ1v) is 27.5. The van der Waals surface area contributed by atoms with Crippen LogP contribution >= 0.6 is 0 Å². The summed E-state index contributed by atoms with van der Waals surface area (Å²) >= 11 is 0. The van der Waals surface area contributed by atoms with E-state index in [-0.39, 0.29) is 39.5 Å². The van der Waals surface area contributed by atoms with Gasteiger partial charge < -0.3 is 25.0 Å². The third-order valence-corrected chi connectivity index (χ3v) is 17.4. The van der Waals surface area contributed by atoms with Crippen molar-refractivity contribution >= 4 is 43.5 Å². The normalized spacial score (nSPS) is 19.4. The van der Waals surface area contributed by atoms with E-state index in [0.717, 1.165) is 68.3 Å². The van der Waals surface area contributed by atoms with Gasteiger partial charge in [0.15, 0.2) is 10.1 Å². The number of hydrogen-bond acceptors (Lipinski definition) is 13. The molecule has 3 atom stereocenters. The van der Waals surface area contributed by atoms with Gasteiger partial charge in [-0.15, -0.1) is 0 Å². The lowest BCUT2D eigenvalue weighted by Crippen LogP contribution is -2.47. The van der Waals surface area contributed by atoms with Crippen molar-refractivity contribution in [2.75, 3.05) is 44.5 Å². The van der Waals surface area contributed by atoms with Gasteiger partial charge in [0.2, 0.25) is 11.8 Å². The molecule has 19 nitrogen and oxygen atoms in total. The maximum Gasteiger partial charge on any atom is 0.333 e. The van der Waals surface area contributed by atoms with Crippen molar-refractivity contribution in [1.82, 2.24) is 43.9 Å². The summed E-state index contributed by atoms with van der Waals surface area (Å²) in [6.45, 7) is 6.53. The van der Waals surface area contributed by atoms with E-state index < -0.39 is 43.5 Å². The molecule has 2 aromatic carbocycles. The van der Waals surface area contributed by atoms with Crippen molar-refractivity contribution in [2.24, 2.45) is 5.92 Å². The molecule has 4 aromatic heterocycles. The molecule has 3 unspecified atom stereocenters. The number of likely N-dealkylation sites (tertiary alicyclic amines) is 1. The molecule has 6 aromatic rings. The number of halogens is 1. The molecule has 73 heavy (non-hydrogen) atoms. The molecular formula is C51H56FN11O8S2. The second-order valence-electron chi connectivity index (χ2n) is 20.2. The van der Waals surface area contributed by atoms with Gasteiger partial charge in [0.05, 0.1) is 37.2 Å². The summed E-state index contributed by atoms with van der Waals surface area (Å²) in [7, 11) is -5.93. The molecule has 4 amide bonds. The zero-order valence-corrected chi connectivity index (χ0v) is 42.4. The second-order valence-corrected chi connectivity index (χ2v) is 23.5.